The Morgan fingerprint density at radius 1 is 1.10 bits per heavy atom. The van der Waals surface area contributed by atoms with Gasteiger partial charge in [0.1, 0.15) is 0 Å². The number of halogens is 6. The summed E-state index contributed by atoms with van der Waals surface area (Å²) in [5.74, 6) is 0. The minimum atomic E-state index is -1.67. The number of nitrogens with zero attached hydrogens (tertiary/aromatic N) is 1. The van der Waals surface area contributed by atoms with Crippen LogP contribution >= 0.6 is 72.6 Å². The van der Waals surface area contributed by atoms with Crippen LogP contribution in [0.3, 0.4) is 0 Å². The molecule has 72 valence electrons. The molecule has 0 aliphatic rings. The molecule has 0 radical (unpaired) electrons. The van der Waals surface area contributed by atoms with Crippen molar-refractivity contribution >= 4 is 72.6 Å². The SMILES string of the molecule is Cl.Cl.Cl.ClN(Cl)Cl.[O]=[Rh][O-]. The van der Waals surface area contributed by atoms with Gasteiger partial charge in [-0.15, -0.1) is 37.2 Å². The van der Waals surface area contributed by atoms with Gasteiger partial charge in [-0.1, -0.05) is 0 Å². The summed E-state index contributed by atoms with van der Waals surface area (Å²) in [6, 6.07) is 0. The maximum absolute atomic E-state index is 8.44. The van der Waals surface area contributed by atoms with Crippen molar-refractivity contribution in [3.8, 4) is 0 Å². The molecule has 0 aromatic carbocycles. The standard InChI is InChI=1S/Cl3N.3ClH.2O.Rh/c1-4(2)3;;;;;;/h;3*1H;;;/q;;;;;-1;. The topological polar surface area (TPSA) is 43.4 Å². The van der Waals surface area contributed by atoms with Crippen LogP contribution < -0.4 is 3.93 Å². The molecule has 3 nitrogen and oxygen atoms in total. The second-order valence-electron chi connectivity index (χ2n) is 0.247. The van der Waals surface area contributed by atoms with Gasteiger partial charge in [-0.25, -0.2) is 0 Å². The van der Waals surface area contributed by atoms with Gasteiger partial charge in [0.2, 0.25) is 0 Å². The van der Waals surface area contributed by atoms with Gasteiger partial charge < -0.3 is 0 Å². The van der Waals surface area contributed by atoms with Gasteiger partial charge in [0.05, 0.1) is 0 Å². The Bertz CT molecular complexity index is 40.0. The summed E-state index contributed by atoms with van der Waals surface area (Å²) < 4.78 is 17.3. The molecule has 0 fully saturated rings. The third-order valence-corrected chi connectivity index (χ3v) is 0. The van der Waals surface area contributed by atoms with Gasteiger partial charge in [-0.05, 0) is 3.46 Å². The van der Waals surface area contributed by atoms with Crippen LogP contribution in [0.2, 0.25) is 0 Å². The van der Waals surface area contributed by atoms with E-state index in [4.69, 9.17) is 7.51 Å². The predicted octanol–water partition coefficient (Wildman–Crippen LogP) is 1.70. The molecule has 0 aromatic rings. The molecule has 0 saturated carbocycles. The molecule has 0 aromatic heterocycles. The van der Waals surface area contributed by atoms with Crippen LogP contribution in [0.1, 0.15) is 0 Å². The van der Waals surface area contributed by atoms with Crippen LogP contribution in [-0.4, -0.2) is 3.46 Å². The summed E-state index contributed by atoms with van der Waals surface area (Å²) >= 11 is 12.2. The van der Waals surface area contributed by atoms with Crippen molar-refractivity contribution < 1.29 is 24.9 Å². The van der Waals surface area contributed by atoms with Crippen molar-refractivity contribution in [2.45, 2.75) is 0 Å². The molecule has 10 heavy (non-hydrogen) atoms. The first kappa shape index (κ1) is 29.6. The fourth-order valence-electron chi connectivity index (χ4n) is 0. The van der Waals surface area contributed by atoms with E-state index < -0.39 is 17.4 Å². The molecule has 0 spiro atoms. The van der Waals surface area contributed by atoms with E-state index in [2.05, 4.69) is 35.3 Å². The number of hydrogen-bond acceptors (Lipinski definition) is 3. The van der Waals surface area contributed by atoms with Crippen molar-refractivity contribution in [3.63, 3.8) is 0 Å². The molecule has 0 unspecified atom stereocenters. The number of hydrogen-bond donors (Lipinski definition) is 0. The van der Waals surface area contributed by atoms with Gasteiger partial charge >= 0.3 is 24.9 Å². The van der Waals surface area contributed by atoms with E-state index in [0.29, 0.717) is 3.46 Å². The quantitative estimate of drug-likeness (QED) is 0.485. The molecule has 0 saturated heterocycles. The third kappa shape index (κ3) is 192. The summed E-state index contributed by atoms with van der Waals surface area (Å²) in [6.07, 6.45) is 0. The first-order chi connectivity index (χ1) is 3.15. The molecule has 0 aliphatic heterocycles. The van der Waals surface area contributed by atoms with E-state index in [9.17, 15) is 0 Å². The average Bonchev–Trinajstić information content (AvgIpc) is 1.33. The van der Waals surface area contributed by atoms with Crippen LogP contribution in [0.25, 0.3) is 0 Å². The summed E-state index contributed by atoms with van der Waals surface area (Å²) in [7, 11) is 0. The molecule has 0 rings (SSSR count). The van der Waals surface area contributed by atoms with E-state index in [0.717, 1.165) is 0 Å². The normalized spacial score (nSPS) is 5.70. The predicted molar refractivity (Wildman–Crippen MR) is 41.8 cm³/mol. The molecule has 0 heterocycles. The first-order valence-corrected chi connectivity index (χ1v) is 3.13. The maximum atomic E-state index is 8.44. The van der Waals surface area contributed by atoms with Crippen LogP contribution in [0.4, 0.5) is 0 Å². The Kier molecular flexibility index (Phi) is 90.1. The van der Waals surface area contributed by atoms with Gasteiger partial charge in [0.15, 0.2) is 0 Å². The number of rotatable bonds is 0. The monoisotopic (exact) mass is 362 g/mol. The van der Waals surface area contributed by atoms with E-state index in [1.165, 1.54) is 0 Å². The summed E-state index contributed by atoms with van der Waals surface area (Å²) in [5.41, 5.74) is 0. The second kappa shape index (κ2) is 30.5. The Morgan fingerprint density at radius 3 is 1.10 bits per heavy atom. The van der Waals surface area contributed by atoms with E-state index in [-0.39, 0.29) is 37.2 Å². The molecular formula is H3Cl6NO2Rh-. The van der Waals surface area contributed by atoms with Crippen LogP contribution in [0.15, 0.2) is 0 Å². The van der Waals surface area contributed by atoms with Crippen LogP contribution in [0, 0.1) is 0 Å². The molecular weight excluding hydrogens is 362 g/mol. The molecule has 0 N–H and O–H groups in total. The van der Waals surface area contributed by atoms with E-state index in [1.807, 2.05) is 0 Å². The van der Waals surface area contributed by atoms with Crippen molar-refractivity contribution in [2.75, 3.05) is 0 Å². The summed E-state index contributed by atoms with van der Waals surface area (Å²) in [4.78, 5) is 0. The fourth-order valence-corrected chi connectivity index (χ4v) is 0. The van der Waals surface area contributed by atoms with Crippen LogP contribution in [-0.2, 0) is 21.0 Å². The Labute approximate surface area is 100 Å². The molecule has 0 bridgehead atoms. The molecule has 0 amide bonds. The van der Waals surface area contributed by atoms with Gasteiger partial charge in [-0.2, -0.15) is 0 Å². The zero-order chi connectivity index (χ0) is 6.28. The molecule has 10 heteroatoms. The first-order valence-electron chi connectivity index (χ1n) is 0.779. The Hall–Kier alpha value is 2.08. The second-order valence-corrected chi connectivity index (χ2v) is 2.05. The van der Waals surface area contributed by atoms with Crippen molar-refractivity contribution in [1.82, 2.24) is 3.46 Å². The van der Waals surface area contributed by atoms with Gasteiger partial charge in [0, 0.05) is 35.3 Å². The van der Waals surface area contributed by atoms with E-state index >= 15 is 0 Å². The Morgan fingerprint density at radius 2 is 1.10 bits per heavy atom. The van der Waals surface area contributed by atoms with Crippen molar-refractivity contribution in [2.24, 2.45) is 0 Å². The van der Waals surface area contributed by atoms with E-state index in [1.54, 1.807) is 0 Å². The molecule has 0 aliphatic carbocycles. The van der Waals surface area contributed by atoms with Gasteiger partial charge in [0.25, 0.3) is 0 Å². The average molecular weight is 365 g/mol. The Balaban J connectivity index is -0.0000000131. The van der Waals surface area contributed by atoms with Crippen molar-refractivity contribution in [1.29, 1.82) is 0 Å². The zero-order valence-electron chi connectivity index (χ0n) is 3.96. The van der Waals surface area contributed by atoms with Crippen molar-refractivity contribution in [3.05, 3.63) is 0 Å². The molecule has 0 atom stereocenters. The minimum absolute atomic E-state index is 0. The fraction of sp³-hybridized carbons (Fsp3) is 0. The summed E-state index contributed by atoms with van der Waals surface area (Å²) in [6.45, 7) is 0. The summed E-state index contributed by atoms with van der Waals surface area (Å²) in [5, 5.41) is 0. The van der Waals surface area contributed by atoms with Crippen LogP contribution in [0.5, 0.6) is 0 Å². The zero-order valence-corrected chi connectivity index (χ0v) is 10.3. The third-order valence-electron chi connectivity index (χ3n) is 0. The van der Waals surface area contributed by atoms with Gasteiger partial charge in [-0.3, -0.25) is 0 Å².